The van der Waals surface area contributed by atoms with Crippen LogP contribution in [0.1, 0.15) is 29.2 Å². The highest BCUT2D eigenvalue weighted by atomic mass is 35.5. The maximum Gasteiger partial charge on any atom is 0.225 e. The molecule has 1 N–H and O–H groups in total. The molecule has 10 heteroatoms. The first kappa shape index (κ1) is 24.6. The highest BCUT2D eigenvalue weighted by Gasteiger charge is 2.23. The summed E-state index contributed by atoms with van der Waals surface area (Å²) in [5, 5.41) is 15.5. The lowest BCUT2D eigenvalue weighted by Gasteiger charge is -2.17. The van der Waals surface area contributed by atoms with E-state index < -0.39 is 6.04 Å². The molecule has 0 spiro atoms. The van der Waals surface area contributed by atoms with E-state index in [0.29, 0.717) is 38.9 Å². The number of nitrogens with zero attached hydrogens (tertiary/aromatic N) is 3. The Morgan fingerprint density at radius 3 is 2.79 bits per heavy atom. The second-order valence-corrected chi connectivity index (χ2v) is 10.3. The van der Waals surface area contributed by atoms with E-state index in [4.69, 9.17) is 27.9 Å². The lowest BCUT2D eigenvalue weighted by Crippen LogP contribution is -2.29. The number of rotatable bonds is 9. The van der Waals surface area contributed by atoms with Crippen LogP contribution in [0.15, 0.2) is 65.1 Å². The number of thioether (sulfide) groups is 1. The predicted molar refractivity (Wildman–Crippen MR) is 139 cm³/mol. The van der Waals surface area contributed by atoms with Gasteiger partial charge in [0.05, 0.1) is 30.3 Å². The van der Waals surface area contributed by atoms with E-state index in [2.05, 4.69) is 15.5 Å². The lowest BCUT2D eigenvalue weighted by molar-refractivity contribution is -0.121. The zero-order valence-corrected chi connectivity index (χ0v) is 21.6. The Hall–Kier alpha value is -2.52. The maximum atomic E-state index is 12.6. The summed E-state index contributed by atoms with van der Waals surface area (Å²) in [6.45, 7) is 1.88. The van der Waals surface area contributed by atoms with Crippen molar-refractivity contribution in [3.8, 4) is 11.4 Å². The number of hydrogen-bond donors (Lipinski definition) is 1. The van der Waals surface area contributed by atoms with Gasteiger partial charge in [-0.05, 0) is 54.3 Å². The van der Waals surface area contributed by atoms with Gasteiger partial charge in [0, 0.05) is 15.7 Å². The number of halogens is 2. The summed E-state index contributed by atoms with van der Waals surface area (Å²) in [6.07, 6.45) is 0.311. The van der Waals surface area contributed by atoms with Crippen LogP contribution in [0.25, 0.3) is 5.69 Å². The minimum atomic E-state index is -0.402. The molecular weight excluding hydrogens is 511 g/mol. The van der Waals surface area contributed by atoms with Crippen molar-refractivity contribution in [3.05, 3.63) is 86.3 Å². The molecule has 0 aliphatic carbocycles. The van der Waals surface area contributed by atoms with Gasteiger partial charge in [0.1, 0.15) is 5.75 Å². The Morgan fingerprint density at radius 2 is 2.03 bits per heavy atom. The fourth-order valence-corrected chi connectivity index (χ4v) is 5.34. The van der Waals surface area contributed by atoms with Crippen LogP contribution >= 0.6 is 46.3 Å². The molecule has 0 aliphatic rings. The Morgan fingerprint density at radius 1 is 1.18 bits per heavy atom. The number of aromatic nitrogens is 3. The van der Waals surface area contributed by atoms with Crippen LogP contribution in [0.4, 0.5) is 0 Å². The van der Waals surface area contributed by atoms with Crippen LogP contribution < -0.4 is 10.1 Å². The van der Waals surface area contributed by atoms with Crippen molar-refractivity contribution in [2.75, 3.05) is 7.11 Å². The van der Waals surface area contributed by atoms with Crippen LogP contribution in [0.2, 0.25) is 10.0 Å². The molecule has 176 valence electrons. The number of methoxy groups -OCH3 is 1. The van der Waals surface area contributed by atoms with Gasteiger partial charge in [0.25, 0.3) is 0 Å². The quantitative estimate of drug-likeness (QED) is 0.254. The maximum absolute atomic E-state index is 12.6. The molecule has 6 nitrogen and oxygen atoms in total. The summed E-state index contributed by atoms with van der Waals surface area (Å²) < 4.78 is 7.18. The highest BCUT2D eigenvalue weighted by molar-refractivity contribution is 7.98. The highest BCUT2D eigenvalue weighted by Crippen LogP contribution is 2.33. The summed E-state index contributed by atoms with van der Waals surface area (Å²) in [4.78, 5) is 13.6. The van der Waals surface area contributed by atoms with Crippen LogP contribution in [-0.4, -0.2) is 27.8 Å². The summed E-state index contributed by atoms with van der Waals surface area (Å²) >= 11 is 15.9. The second kappa shape index (κ2) is 11.3. The Bertz CT molecular complexity index is 1280. The average Bonchev–Trinajstić information content (AvgIpc) is 3.49. The Balaban J connectivity index is 1.62. The molecule has 1 atom stereocenters. The molecule has 2 heterocycles. The number of amides is 1. The van der Waals surface area contributed by atoms with Crippen LogP contribution in [-0.2, 0) is 17.0 Å². The molecule has 0 fully saturated rings. The summed E-state index contributed by atoms with van der Waals surface area (Å²) in [5.74, 6) is 1.91. The second-order valence-electron chi connectivity index (χ2n) is 7.46. The molecule has 4 rings (SSSR count). The van der Waals surface area contributed by atoms with Gasteiger partial charge in [-0.1, -0.05) is 53.2 Å². The topological polar surface area (TPSA) is 69.0 Å². The standard InChI is InChI=1S/C24H22Cl2N4O2S2/c1-15(27-22(31)13-19-7-4-10-33-19)23-28-29-24(30(23)21-12-17(25)8-9-20(21)26)34-14-16-5-3-6-18(11-16)32-2/h3-12,15H,13-14H2,1-2H3,(H,27,31). The molecule has 0 saturated heterocycles. The number of ether oxygens (including phenoxy) is 1. The molecule has 1 unspecified atom stereocenters. The normalized spacial score (nSPS) is 11.9. The molecule has 1 amide bonds. The fraction of sp³-hybridized carbons (Fsp3) is 0.208. The van der Waals surface area contributed by atoms with Crippen molar-refractivity contribution in [1.82, 2.24) is 20.1 Å². The third-order valence-electron chi connectivity index (χ3n) is 4.99. The van der Waals surface area contributed by atoms with E-state index in [1.165, 1.54) is 11.8 Å². The van der Waals surface area contributed by atoms with Crippen molar-refractivity contribution in [1.29, 1.82) is 0 Å². The zero-order chi connectivity index (χ0) is 24.1. The molecule has 34 heavy (non-hydrogen) atoms. The van der Waals surface area contributed by atoms with Gasteiger partial charge < -0.3 is 10.1 Å². The number of carbonyl (C=O) groups excluding carboxylic acids is 1. The Labute approximate surface area is 216 Å². The number of carbonyl (C=O) groups is 1. The monoisotopic (exact) mass is 532 g/mol. The summed E-state index contributed by atoms with van der Waals surface area (Å²) in [7, 11) is 1.64. The van der Waals surface area contributed by atoms with Gasteiger partial charge in [0.15, 0.2) is 11.0 Å². The van der Waals surface area contributed by atoms with Gasteiger partial charge in [-0.3, -0.25) is 9.36 Å². The molecule has 0 aliphatic heterocycles. The number of thiophene rings is 1. The molecule has 0 bridgehead atoms. The molecular formula is C24H22Cl2N4O2S2. The minimum Gasteiger partial charge on any atom is -0.497 e. The average molecular weight is 534 g/mol. The van der Waals surface area contributed by atoms with Crippen LogP contribution in [0.3, 0.4) is 0 Å². The Kier molecular flexibility index (Phi) is 8.15. The van der Waals surface area contributed by atoms with Crippen LogP contribution in [0.5, 0.6) is 5.75 Å². The van der Waals surface area contributed by atoms with Gasteiger partial charge in [0.2, 0.25) is 5.91 Å². The smallest absolute Gasteiger partial charge is 0.225 e. The third-order valence-corrected chi connectivity index (χ3v) is 7.42. The number of hydrogen-bond acceptors (Lipinski definition) is 6. The van der Waals surface area contributed by atoms with Crippen LogP contribution in [0, 0.1) is 0 Å². The van der Waals surface area contributed by atoms with Gasteiger partial charge in [-0.25, -0.2) is 0 Å². The van der Waals surface area contributed by atoms with Gasteiger partial charge in [-0.15, -0.1) is 21.5 Å². The molecule has 2 aromatic heterocycles. The van der Waals surface area contributed by atoms with Crippen molar-refractivity contribution in [3.63, 3.8) is 0 Å². The molecule has 2 aromatic carbocycles. The fourth-order valence-electron chi connectivity index (χ4n) is 3.38. The first-order chi connectivity index (χ1) is 16.4. The third kappa shape index (κ3) is 5.93. The first-order valence-electron chi connectivity index (χ1n) is 10.4. The predicted octanol–water partition coefficient (Wildman–Crippen LogP) is 6.36. The first-order valence-corrected chi connectivity index (χ1v) is 13.0. The SMILES string of the molecule is COc1cccc(CSc2nnc(C(C)NC(=O)Cc3cccs3)n2-c2cc(Cl)ccc2Cl)c1. The summed E-state index contributed by atoms with van der Waals surface area (Å²) in [6, 6.07) is 16.6. The van der Waals surface area contributed by atoms with E-state index in [-0.39, 0.29) is 5.91 Å². The van der Waals surface area contributed by atoms with E-state index in [1.807, 2.05) is 53.3 Å². The molecule has 4 aromatic rings. The zero-order valence-electron chi connectivity index (χ0n) is 18.5. The molecule has 0 saturated carbocycles. The van der Waals surface area contributed by atoms with E-state index >= 15 is 0 Å². The van der Waals surface area contributed by atoms with E-state index in [0.717, 1.165) is 16.2 Å². The number of benzene rings is 2. The minimum absolute atomic E-state index is 0.0905. The van der Waals surface area contributed by atoms with E-state index in [1.54, 1.807) is 36.6 Å². The molecule has 0 radical (unpaired) electrons. The van der Waals surface area contributed by atoms with E-state index in [9.17, 15) is 4.79 Å². The number of nitrogens with one attached hydrogen (secondary N) is 1. The van der Waals surface area contributed by atoms with Crippen molar-refractivity contribution in [2.45, 2.75) is 30.3 Å². The van der Waals surface area contributed by atoms with Gasteiger partial charge >= 0.3 is 0 Å². The lowest BCUT2D eigenvalue weighted by atomic mass is 10.2. The summed E-state index contributed by atoms with van der Waals surface area (Å²) in [5.41, 5.74) is 1.73. The van der Waals surface area contributed by atoms with Crippen molar-refractivity contribution < 1.29 is 9.53 Å². The largest absolute Gasteiger partial charge is 0.497 e. The van der Waals surface area contributed by atoms with Crippen molar-refractivity contribution in [2.24, 2.45) is 0 Å². The van der Waals surface area contributed by atoms with Crippen molar-refractivity contribution >= 4 is 52.2 Å². The van der Waals surface area contributed by atoms with Gasteiger partial charge in [-0.2, -0.15) is 0 Å².